The zero-order valence-electron chi connectivity index (χ0n) is 13.3. The fourth-order valence-corrected chi connectivity index (χ4v) is 2.67. The summed E-state index contributed by atoms with van der Waals surface area (Å²) >= 11 is 1.52. The Morgan fingerprint density at radius 2 is 1.82 bits per heavy atom. The summed E-state index contributed by atoms with van der Waals surface area (Å²) in [6.07, 6.45) is 2.97. The Hall–Kier alpha value is -1.95. The van der Waals surface area contributed by atoms with Gasteiger partial charge in [0.2, 0.25) is 5.91 Å². The zero-order chi connectivity index (χ0) is 16.1. The number of aryl methyl sites for hydroxylation is 3. The van der Waals surface area contributed by atoms with E-state index in [2.05, 4.69) is 20.3 Å². The number of pyridine rings is 1. The molecule has 0 aliphatic rings. The number of rotatable bonds is 5. The summed E-state index contributed by atoms with van der Waals surface area (Å²) in [6.45, 7) is 5.82. The molecule has 5 nitrogen and oxygen atoms in total. The van der Waals surface area contributed by atoms with Crippen LogP contribution in [0.15, 0.2) is 23.4 Å². The molecule has 0 saturated heterocycles. The zero-order valence-corrected chi connectivity index (χ0v) is 14.1. The lowest BCUT2D eigenvalue weighted by atomic mass is 10.1. The van der Waals surface area contributed by atoms with Gasteiger partial charge in [0, 0.05) is 23.5 Å². The molecule has 116 valence electrons. The number of carbonyl (C=O) groups is 1. The van der Waals surface area contributed by atoms with Crippen LogP contribution in [0.1, 0.15) is 29.1 Å². The highest BCUT2D eigenvalue weighted by Gasteiger charge is 2.11. The molecule has 0 bridgehead atoms. The standard InChI is InChI=1S/C16H20N4OS/c1-10-6-5-7-14(17-10)20-15(21)9-8-13-11(2)18-16(22-4)19-12(13)3/h5-7H,8-9H2,1-4H3,(H,17,20,21). The third kappa shape index (κ3) is 4.27. The Morgan fingerprint density at radius 3 is 2.41 bits per heavy atom. The van der Waals surface area contributed by atoms with E-state index in [1.807, 2.05) is 39.2 Å². The van der Waals surface area contributed by atoms with Gasteiger partial charge in [-0.25, -0.2) is 15.0 Å². The van der Waals surface area contributed by atoms with E-state index in [4.69, 9.17) is 0 Å². The first-order valence-electron chi connectivity index (χ1n) is 7.11. The van der Waals surface area contributed by atoms with Gasteiger partial charge in [-0.15, -0.1) is 0 Å². The van der Waals surface area contributed by atoms with Gasteiger partial charge in [-0.2, -0.15) is 0 Å². The van der Waals surface area contributed by atoms with E-state index in [-0.39, 0.29) is 5.91 Å². The van der Waals surface area contributed by atoms with Crippen LogP contribution in [0.4, 0.5) is 5.82 Å². The Morgan fingerprint density at radius 1 is 1.14 bits per heavy atom. The molecule has 2 rings (SSSR count). The molecule has 0 atom stereocenters. The average Bonchev–Trinajstić information content (AvgIpc) is 2.46. The van der Waals surface area contributed by atoms with Crippen molar-refractivity contribution >= 4 is 23.5 Å². The van der Waals surface area contributed by atoms with Gasteiger partial charge in [0.05, 0.1) is 0 Å². The number of aromatic nitrogens is 3. The summed E-state index contributed by atoms with van der Waals surface area (Å²) in [6, 6.07) is 5.56. The van der Waals surface area contributed by atoms with E-state index in [0.29, 0.717) is 18.7 Å². The molecule has 6 heteroatoms. The molecular weight excluding hydrogens is 296 g/mol. The second kappa shape index (κ2) is 7.35. The van der Waals surface area contributed by atoms with Crippen LogP contribution in [0.2, 0.25) is 0 Å². The fraction of sp³-hybridized carbons (Fsp3) is 0.375. The van der Waals surface area contributed by atoms with Crippen molar-refractivity contribution < 1.29 is 4.79 Å². The van der Waals surface area contributed by atoms with Crippen molar-refractivity contribution in [2.45, 2.75) is 38.8 Å². The monoisotopic (exact) mass is 316 g/mol. The molecule has 0 aliphatic carbocycles. The first-order chi connectivity index (χ1) is 10.5. The summed E-state index contributed by atoms with van der Waals surface area (Å²) in [4.78, 5) is 25.2. The lowest BCUT2D eigenvalue weighted by molar-refractivity contribution is -0.116. The first-order valence-corrected chi connectivity index (χ1v) is 8.33. The Labute approximate surface area is 135 Å². The number of thioether (sulfide) groups is 1. The Balaban J connectivity index is 1.99. The number of hydrogen-bond donors (Lipinski definition) is 1. The van der Waals surface area contributed by atoms with E-state index in [9.17, 15) is 4.79 Å². The second-order valence-corrected chi connectivity index (χ2v) is 5.85. The topological polar surface area (TPSA) is 67.8 Å². The van der Waals surface area contributed by atoms with Gasteiger partial charge in [-0.3, -0.25) is 4.79 Å². The average molecular weight is 316 g/mol. The summed E-state index contributed by atoms with van der Waals surface area (Å²) in [5, 5.41) is 3.59. The molecule has 0 fully saturated rings. The summed E-state index contributed by atoms with van der Waals surface area (Å²) in [5.74, 6) is 0.540. The van der Waals surface area contributed by atoms with Crippen molar-refractivity contribution in [3.8, 4) is 0 Å². The minimum absolute atomic E-state index is 0.0501. The molecular formula is C16H20N4OS. The Kier molecular flexibility index (Phi) is 5.49. The van der Waals surface area contributed by atoms with E-state index in [1.54, 1.807) is 6.07 Å². The van der Waals surface area contributed by atoms with Crippen LogP contribution in [0, 0.1) is 20.8 Å². The van der Waals surface area contributed by atoms with Gasteiger partial charge >= 0.3 is 0 Å². The van der Waals surface area contributed by atoms with Crippen molar-refractivity contribution in [2.75, 3.05) is 11.6 Å². The highest BCUT2D eigenvalue weighted by atomic mass is 32.2. The van der Waals surface area contributed by atoms with Crippen molar-refractivity contribution in [1.29, 1.82) is 0 Å². The smallest absolute Gasteiger partial charge is 0.225 e. The van der Waals surface area contributed by atoms with Crippen molar-refractivity contribution in [3.63, 3.8) is 0 Å². The molecule has 2 aromatic rings. The predicted molar refractivity (Wildman–Crippen MR) is 89.2 cm³/mol. The number of nitrogens with zero attached hydrogens (tertiary/aromatic N) is 3. The van der Waals surface area contributed by atoms with Crippen molar-refractivity contribution in [3.05, 3.63) is 40.8 Å². The van der Waals surface area contributed by atoms with Gasteiger partial charge in [0.25, 0.3) is 0 Å². The molecule has 0 spiro atoms. The highest BCUT2D eigenvalue weighted by molar-refractivity contribution is 7.98. The first kappa shape index (κ1) is 16.4. The SMILES string of the molecule is CSc1nc(C)c(CCC(=O)Nc2cccc(C)n2)c(C)n1. The number of nitrogens with one attached hydrogen (secondary N) is 1. The molecule has 1 N–H and O–H groups in total. The summed E-state index contributed by atoms with van der Waals surface area (Å²) < 4.78 is 0. The number of carbonyl (C=O) groups excluding carboxylic acids is 1. The lowest BCUT2D eigenvalue weighted by Crippen LogP contribution is -2.14. The van der Waals surface area contributed by atoms with Crippen molar-refractivity contribution in [1.82, 2.24) is 15.0 Å². The number of amides is 1. The third-order valence-electron chi connectivity index (χ3n) is 3.34. The highest BCUT2D eigenvalue weighted by Crippen LogP contribution is 2.17. The van der Waals surface area contributed by atoms with Crippen LogP contribution < -0.4 is 5.32 Å². The van der Waals surface area contributed by atoms with Gasteiger partial charge in [-0.1, -0.05) is 17.8 Å². The van der Waals surface area contributed by atoms with E-state index >= 15 is 0 Å². The largest absolute Gasteiger partial charge is 0.311 e. The van der Waals surface area contributed by atoms with Crippen LogP contribution in [-0.2, 0) is 11.2 Å². The van der Waals surface area contributed by atoms with Crippen LogP contribution in [0.25, 0.3) is 0 Å². The molecule has 0 aromatic carbocycles. The van der Waals surface area contributed by atoms with Crippen LogP contribution >= 0.6 is 11.8 Å². The van der Waals surface area contributed by atoms with Crippen molar-refractivity contribution in [2.24, 2.45) is 0 Å². The number of hydrogen-bond acceptors (Lipinski definition) is 5. The van der Waals surface area contributed by atoms with E-state index in [1.165, 1.54) is 11.8 Å². The molecule has 22 heavy (non-hydrogen) atoms. The van der Waals surface area contributed by atoms with E-state index < -0.39 is 0 Å². The summed E-state index contributed by atoms with van der Waals surface area (Å²) in [5.41, 5.74) is 3.81. The van der Waals surface area contributed by atoms with Gasteiger partial charge < -0.3 is 5.32 Å². The molecule has 0 aliphatic heterocycles. The lowest BCUT2D eigenvalue weighted by Gasteiger charge is -2.10. The molecule has 0 radical (unpaired) electrons. The van der Waals surface area contributed by atoms with Gasteiger partial charge in [0.15, 0.2) is 5.16 Å². The fourth-order valence-electron chi connectivity index (χ4n) is 2.22. The third-order valence-corrected chi connectivity index (χ3v) is 3.89. The minimum Gasteiger partial charge on any atom is -0.311 e. The van der Waals surface area contributed by atoms with E-state index in [0.717, 1.165) is 27.8 Å². The normalized spacial score (nSPS) is 10.5. The Bertz CT molecular complexity index is 665. The summed E-state index contributed by atoms with van der Waals surface area (Å²) in [7, 11) is 0. The van der Waals surface area contributed by atoms with Crippen LogP contribution in [0.5, 0.6) is 0 Å². The molecule has 2 heterocycles. The number of anilines is 1. The quantitative estimate of drug-likeness (QED) is 0.678. The van der Waals surface area contributed by atoms with Crippen LogP contribution in [-0.4, -0.2) is 27.1 Å². The maximum Gasteiger partial charge on any atom is 0.225 e. The molecule has 2 aromatic heterocycles. The van der Waals surface area contributed by atoms with Gasteiger partial charge in [0.1, 0.15) is 5.82 Å². The molecule has 0 unspecified atom stereocenters. The molecule has 0 saturated carbocycles. The maximum absolute atomic E-state index is 12.0. The molecule has 1 amide bonds. The van der Waals surface area contributed by atoms with Gasteiger partial charge in [-0.05, 0) is 51.1 Å². The second-order valence-electron chi connectivity index (χ2n) is 5.07. The maximum atomic E-state index is 12.0. The van der Waals surface area contributed by atoms with Crippen LogP contribution in [0.3, 0.4) is 0 Å². The minimum atomic E-state index is -0.0501. The predicted octanol–water partition coefficient (Wildman–Crippen LogP) is 3.09.